The number of hydrogen-bond acceptors (Lipinski definition) is 3. The van der Waals surface area contributed by atoms with Crippen molar-refractivity contribution in [3.63, 3.8) is 0 Å². The van der Waals surface area contributed by atoms with Crippen LogP contribution in [0.2, 0.25) is 0 Å². The summed E-state index contributed by atoms with van der Waals surface area (Å²) in [6.45, 7) is 8.95. The highest BCUT2D eigenvalue weighted by Crippen LogP contribution is 2.32. The first kappa shape index (κ1) is 12.5. The zero-order valence-corrected chi connectivity index (χ0v) is 12.1. The van der Waals surface area contributed by atoms with Crippen LogP contribution in [0, 0.1) is 12.3 Å². The molecule has 0 bridgehead atoms. The fourth-order valence-corrected chi connectivity index (χ4v) is 2.91. The van der Waals surface area contributed by atoms with Gasteiger partial charge in [-0.15, -0.1) is 0 Å². The van der Waals surface area contributed by atoms with Gasteiger partial charge in [0.1, 0.15) is 5.52 Å². The second-order valence-electron chi connectivity index (χ2n) is 6.37. The number of rotatable bonds is 1. The molecule has 3 rings (SSSR count). The summed E-state index contributed by atoms with van der Waals surface area (Å²) < 4.78 is 1.94. The normalized spacial score (nSPS) is 19.6. The van der Waals surface area contributed by atoms with E-state index < -0.39 is 0 Å². The van der Waals surface area contributed by atoms with E-state index in [1.807, 2.05) is 23.8 Å². The molecule has 1 saturated heterocycles. The van der Waals surface area contributed by atoms with Gasteiger partial charge in [0.15, 0.2) is 5.82 Å². The van der Waals surface area contributed by atoms with Crippen molar-refractivity contribution in [2.45, 2.75) is 40.0 Å². The summed E-state index contributed by atoms with van der Waals surface area (Å²) in [5, 5.41) is 4.47. The van der Waals surface area contributed by atoms with Gasteiger partial charge in [-0.2, -0.15) is 5.10 Å². The minimum absolute atomic E-state index is 0.454. The maximum Gasteiger partial charge on any atom is 0.154 e. The predicted molar refractivity (Wildman–Crippen MR) is 77.6 cm³/mol. The number of fused-ring (bicyclic) bond motifs is 1. The molecule has 2 aromatic rings. The zero-order valence-electron chi connectivity index (χ0n) is 12.1. The lowest BCUT2D eigenvalue weighted by molar-refractivity contribution is 0.325. The molecular weight excluding hydrogens is 236 g/mol. The van der Waals surface area contributed by atoms with E-state index in [0.717, 1.165) is 30.1 Å². The molecule has 0 atom stereocenters. The van der Waals surface area contributed by atoms with Gasteiger partial charge in [0.05, 0.1) is 5.69 Å². The first-order valence-electron chi connectivity index (χ1n) is 7.11. The van der Waals surface area contributed by atoms with Crippen molar-refractivity contribution in [1.29, 1.82) is 0 Å². The molecule has 0 N–H and O–H groups in total. The average Bonchev–Trinajstić information content (AvgIpc) is 2.63. The summed E-state index contributed by atoms with van der Waals surface area (Å²) in [5.74, 6) is 1.08. The molecule has 0 spiro atoms. The second-order valence-corrected chi connectivity index (χ2v) is 6.37. The summed E-state index contributed by atoms with van der Waals surface area (Å²) in [6, 6.07) is 2.12. The fourth-order valence-electron chi connectivity index (χ4n) is 2.91. The SMILES string of the molecule is Cc1cc2c(N3CCCC(C)(C)CC3)nccn2n1. The Morgan fingerprint density at radius 1 is 1.21 bits per heavy atom. The van der Waals surface area contributed by atoms with Crippen LogP contribution in [0.25, 0.3) is 5.52 Å². The minimum Gasteiger partial charge on any atom is -0.355 e. The van der Waals surface area contributed by atoms with Crippen molar-refractivity contribution in [2.75, 3.05) is 18.0 Å². The molecule has 0 aromatic carbocycles. The number of aryl methyl sites for hydroxylation is 1. The van der Waals surface area contributed by atoms with E-state index in [1.165, 1.54) is 19.3 Å². The summed E-state index contributed by atoms with van der Waals surface area (Å²) in [4.78, 5) is 7.02. The Morgan fingerprint density at radius 3 is 2.89 bits per heavy atom. The van der Waals surface area contributed by atoms with E-state index in [0.29, 0.717) is 5.41 Å². The highest BCUT2D eigenvalue weighted by Gasteiger charge is 2.24. The third-order valence-corrected chi connectivity index (χ3v) is 4.13. The molecular formula is C15H22N4. The van der Waals surface area contributed by atoms with Crippen LogP contribution in [0.1, 0.15) is 38.8 Å². The van der Waals surface area contributed by atoms with Gasteiger partial charge < -0.3 is 4.90 Å². The molecule has 0 saturated carbocycles. The standard InChI is InChI=1S/C15H22N4/c1-12-11-13-14(16-7-10-19(13)17-12)18-8-4-5-15(2,3)6-9-18/h7,10-11H,4-6,8-9H2,1-3H3. The minimum atomic E-state index is 0.454. The predicted octanol–water partition coefficient (Wildman–Crippen LogP) is 3.05. The maximum atomic E-state index is 4.60. The van der Waals surface area contributed by atoms with E-state index in [4.69, 9.17) is 0 Å². The first-order chi connectivity index (χ1) is 9.05. The van der Waals surface area contributed by atoms with E-state index in [2.05, 4.69) is 34.9 Å². The highest BCUT2D eigenvalue weighted by atomic mass is 15.3. The molecule has 19 heavy (non-hydrogen) atoms. The number of aromatic nitrogens is 3. The Balaban J connectivity index is 1.95. The molecule has 3 heterocycles. The zero-order chi connectivity index (χ0) is 13.5. The van der Waals surface area contributed by atoms with Gasteiger partial charge in [0, 0.05) is 25.5 Å². The third kappa shape index (κ3) is 2.44. The van der Waals surface area contributed by atoms with E-state index in [-0.39, 0.29) is 0 Å². The Bertz CT molecular complexity index is 585. The summed E-state index contributed by atoms with van der Waals surface area (Å²) in [5.41, 5.74) is 2.62. The van der Waals surface area contributed by atoms with Crippen LogP contribution >= 0.6 is 0 Å². The Hall–Kier alpha value is -1.58. The topological polar surface area (TPSA) is 33.4 Å². The van der Waals surface area contributed by atoms with Gasteiger partial charge in [-0.05, 0) is 37.7 Å². The largest absolute Gasteiger partial charge is 0.355 e. The van der Waals surface area contributed by atoms with Gasteiger partial charge in [0.2, 0.25) is 0 Å². The van der Waals surface area contributed by atoms with Crippen molar-refractivity contribution in [3.05, 3.63) is 24.2 Å². The molecule has 2 aromatic heterocycles. The molecule has 0 radical (unpaired) electrons. The summed E-state index contributed by atoms with van der Waals surface area (Å²) in [6.07, 6.45) is 7.54. The molecule has 1 aliphatic heterocycles. The third-order valence-electron chi connectivity index (χ3n) is 4.13. The molecule has 0 amide bonds. The molecule has 4 nitrogen and oxygen atoms in total. The van der Waals surface area contributed by atoms with Crippen LogP contribution < -0.4 is 4.90 Å². The average molecular weight is 258 g/mol. The van der Waals surface area contributed by atoms with E-state index in [1.54, 1.807) is 0 Å². The van der Waals surface area contributed by atoms with Crippen LogP contribution in [0.3, 0.4) is 0 Å². The lowest BCUT2D eigenvalue weighted by Gasteiger charge is -2.24. The van der Waals surface area contributed by atoms with Gasteiger partial charge in [-0.1, -0.05) is 13.8 Å². The number of nitrogens with zero attached hydrogens (tertiary/aromatic N) is 4. The Kier molecular flexibility index (Phi) is 2.96. The molecule has 1 fully saturated rings. The lowest BCUT2D eigenvalue weighted by Crippen LogP contribution is -2.26. The monoisotopic (exact) mass is 258 g/mol. The molecule has 1 aliphatic rings. The molecule has 0 aliphatic carbocycles. The van der Waals surface area contributed by atoms with Crippen LogP contribution in [0.15, 0.2) is 18.5 Å². The van der Waals surface area contributed by atoms with Crippen LogP contribution in [0.4, 0.5) is 5.82 Å². The van der Waals surface area contributed by atoms with Gasteiger partial charge in [0.25, 0.3) is 0 Å². The van der Waals surface area contributed by atoms with Gasteiger partial charge in [-0.25, -0.2) is 9.50 Å². The molecule has 4 heteroatoms. The van der Waals surface area contributed by atoms with Crippen molar-refractivity contribution in [2.24, 2.45) is 5.41 Å². The first-order valence-corrected chi connectivity index (χ1v) is 7.11. The highest BCUT2D eigenvalue weighted by molar-refractivity contribution is 5.69. The fraction of sp³-hybridized carbons (Fsp3) is 0.600. The van der Waals surface area contributed by atoms with Crippen LogP contribution in [0.5, 0.6) is 0 Å². The summed E-state index contributed by atoms with van der Waals surface area (Å²) in [7, 11) is 0. The molecule has 102 valence electrons. The van der Waals surface area contributed by atoms with Gasteiger partial charge in [-0.3, -0.25) is 0 Å². The molecule has 0 unspecified atom stereocenters. The Labute approximate surface area is 114 Å². The maximum absolute atomic E-state index is 4.60. The van der Waals surface area contributed by atoms with E-state index >= 15 is 0 Å². The number of hydrogen-bond donors (Lipinski definition) is 0. The van der Waals surface area contributed by atoms with Gasteiger partial charge >= 0.3 is 0 Å². The smallest absolute Gasteiger partial charge is 0.154 e. The Morgan fingerprint density at radius 2 is 2.05 bits per heavy atom. The summed E-state index contributed by atoms with van der Waals surface area (Å²) >= 11 is 0. The quantitative estimate of drug-likeness (QED) is 0.788. The lowest BCUT2D eigenvalue weighted by atomic mass is 9.85. The van der Waals surface area contributed by atoms with Crippen molar-refractivity contribution < 1.29 is 0 Å². The second kappa shape index (κ2) is 4.51. The number of anilines is 1. The van der Waals surface area contributed by atoms with Crippen molar-refractivity contribution in [1.82, 2.24) is 14.6 Å². The van der Waals surface area contributed by atoms with E-state index in [9.17, 15) is 0 Å². The van der Waals surface area contributed by atoms with Crippen molar-refractivity contribution in [3.8, 4) is 0 Å². The van der Waals surface area contributed by atoms with Crippen LogP contribution in [-0.4, -0.2) is 27.7 Å². The van der Waals surface area contributed by atoms with Crippen LogP contribution in [-0.2, 0) is 0 Å². The van der Waals surface area contributed by atoms with Crippen molar-refractivity contribution >= 4 is 11.3 Å².